The summed E-state index contributed by atoms with van der Waals surface area (Å²) >= 11 is 0. The molecule has 0 aliphatic carbocycles. The lowest BCUT2D eigenvalue weighted by Crippen LogP contribution is -2.07. The molecule has 1 aromatic carbocycles. The third kappa shape index (κ3) is 3.57. The predicted octanol–water partition coefficient (Wildman–Crippen LogP) is 2.24. The SMILES string of the molecule is CCOC(=O)Cc1nc(-c2cccc(OCC)c2)no1. The lowest BCUT2D eigenvalue weighted by Gasteiger charge is -2.02. The molecule has 2 rings (SSSR count). The maximum absolute atomic E-state index is 11.3. The van der Waals surface area contributed by atoms with Gasteiger partial charge in [0, 0.05) is 5.56 Å². The Morgan fingerprint density at radius 3 is 2.90 bits per heavy atom. The second-order valence-electron chi connectivity index (χ2n) is 3.95. The van der Waals surface area contributed by atoms with Crippen LogP contribution < -0.4 is 4.74 Å². The summed E-state index contributed by atoms with van der Waals surface area (Å²) < 4.78 is 15.3. The minimum Gasteiger partial charge on any atom is -0.494 e. The van der Waals surface area contributed by atoms with Gasteiger partial charge in [-0.25, -0.2) is 0 Å². The molecule has 0 atom stereocenters. The molecule has 6 heteroatoms. The number of hydrogen-bond donors (Lipinski definition) is 0. The number of rotatable bonds is 6. The maximum Gasteiger partial charge on any atom is 0.315 e. The third-order valence-corrected chi connectivity index (χ3v) is 2.47. The van der Waals surface area contributed by atoms with E-state index in [0.29, 0.717) is 19.0 Å². The second kappa shape index (κ2) is 6.70. The first kappa shape index (κ1) is 14.0. The highest BCUT2D eigenvalue weighted by molar-refractivity contribution is 5.71. The molecule has 1 aromatic heterocycles. The Kier molecular flexibility index (Phi) is 4.70. The molecule has 0 radical (unpaired) electrons. The maximum atomic E-state index is 11.3. The van der Waals surface area contributed by atoms with Gasteiger partial charge >= 0.3 is 5.97 Å². The van der Waals surface area contributed by atoms with Gasteiger partial charge in [-0.05, 0) is 26.0 Å². The van der Waals surface area contributed by atoms with E-state index < -0.39 is 0 Å². The predicted molar refractivity (Wildman–Crippen MR) is 71.2 cm³/mol. The van der Waals surface area contributed by atoms with Crippen molar-refractivity contribution < 1.29 is 18.8 Å². The Morgan fingerprint density at radius 2 is 2.15 bits per heavy atom. The molecule has 0 saturated heterocycles. The van der Waals surface area contributed by atoms with E-state index >= 15 is 0 Å². The first-order chi connectivity index (χ1) is 9.72. The zero-order valence-corrected chi connectivity index (χ0v) is 11.5. The number of hydrogen-bond acceptors (Lipinski definition) is 6. The van der Waals surface area contributed by atoms with Crippen molar-refractivity contribution in [3.63, 3.8) is 0 Å². The van der Waals surface area contributed by atoms with Crippen molar-refractivity contribution >= 4 is 5.97 Å². The summed E-state index contributed by atoms with van der Waals surface area (Å²) in [5.74, 6) is 1.01. The van der Waals surface area contributed by atoms with Gasteiger partial charge in [0.1, 0.15) is 12.2 Å². The van der Waals surface area contributed by atoms with Crippen LogP contribution in [0.25, 0.3) is 11.4 Å². The van der Waals surface area contributed by atoms with E-state index in [-0.39, 0.29) is 18.3 Å². The van der Waals surface area contributed by atoms with Crippen LogP contribution >= 0.6 is 0 Å². The number of esters is 1. The van der Waals surface area contributed by atoms with Crippen molar-refractivity contribution in [2.75, 3.05) is 13.2 Å². The smallest absolute Gasteiger partial charge is 0.315 e. The molecule has 0 amide bonds. The van der Waals surface area contributed by atoms with Gasteiger partial charge in [-0.3, -0.25) is 4.79 Å². The Balaban J connectivity index is 2.12. The van der Waals surface area contributed by atoms with Crippen molar-refractivity contribution in [2.45, 2.75) is 20.3 Å². The molecule has 0 fully saturated rings. The highest BCUT2D eigenvalue weighted by Crippen LogP contribution is 2.21. The minimum absolute atomic E-state index is 0.0218. The minimum atomic E-state index is -0.384. The Morgan fingerprint density at radius 1 is 1.30 bits per heavy atom. The largest absolute Gasteiger partial charge is 0.494 e. The quantitative estimate of drug-likeness (QED) is 0.753. The van der Waals surface area contributed by atoms with Crippen molar-refractivity contribution in [1.82, 2.24) is 10.1 Å². The Hall–Kier alpha value is -2.37. The molecule has 20 heavy (non-hydrogen) atoms. The summed E-state index contributed by atoms with van der Waals surface area (Å²) in [6.45, 7) is 4.58. The molecule has 6 nitrogen and oxygen atoms in total. The first-order valence-corrected chi connectivity index (χ1v) is 6.44. The Labute approximate surface area is 116 Å². The fourth-order valence-corrected chi connectivity index (χ4v) is 1.67. The fourth-order valence-electron chi connectivity index (χ4n) is 1.67. The monoisotopic (exact) mass is 276 g/mol. The zero-order valence-electron chi connectivity index (χ0n) is 11.5. The van der Waals surface area contributed by atoms with Gasteiger partial charge in [-0.15, -0.1) is 0 Å². The van der Waals surface area contributed by atoms with Crippen LogP contribution in [0.5, 0.6) is 5.75 Å². The van der Waals surface area contributed by atoms with E-state index in [9.17, 15) is 4.79 Å². The highest BCUT2D eigenvalue weighted by Gasteiger charge is 2.13. The van der Waals surface area contributed by atoms with Gasteiger partial charge < -0.3 is 14.0 Å². The van der Waals surface area contributed by atoms with Crippen LogP contribution in [0.15, 0.2) is 28.8 Å². The van der Waals surface area contributed by atoms with Crippen molar-refractivity contribution in [2.24, 2.45) is 0 Å². The zero-order chi connectivity index (χ0) is 14.4. The molecule has 1 heterocycles. The van der Waals surface area contributed by atoms with E-state index in [0.717, 1.165) is 11.3 Å². The van der Waals surface area contributed by atoms with Crippen LogP contribution in [0.1, 0.15) is 19.7 Å². The number of nitrogens with zero attached hydrogens (tertiary/aromatic N) is 2. The molecule has 0 saturated carbocycles. The molecule has 0 bridgehead atoms. The number of ether oxygens (including phenoxy) is 2. The molecule has 0 spiro atoms. The van der Waals surface area contributed by atoms with Gasteiger partial charge in [0.05, 0.1) is 13.2 Å². The van der Waals surface area contributed by atoms with Gasteiger partial charge in [0.15, 0.2) is 0 Å². The molecule has 0 unspecified atom stereocenters. The summed E-state index contributed by atoms with van der Waals surface area (Å²) in [4.78, 5) is 15.5. The van der Waals surface area contributed by atoms with Crippen LogP contribution in [0.2, 0.25) is 0 Å². The average Bonchev–Trinajstić information content (AvgIpc) is 2.88. The molecule has 0 aliphatic rings. The van der Waals surface area contributed by atoms with Crippen molar-refractivity contribution in [1.29, 1.82) is 0 Å². The number of benzene rings is 1. The van der Waals surface area contributed by atoms with Gasteiger partial charge in [-0.2, -0.15) is 4.98 Å². The molecule has 0 aliphatic heterocycles. The van der Waals surface area contributed by atoms with Crippen LogP contribution in [0.3, 0.4) is 0 Å². The lowest BCUT2D eigenvalue weighted by molar-refractivity contribution is -0.142. The van der Waals surface area contributed by atoms with Crippen LogP contribution in [-0.2, 0) is 16.0 Å². The number of carbonyl (C=O) groups excluding carboxylic acids is 1. The van der Waals surface area contributed by atoms with Gasteiger partial charge in [0.2, 0.25) is 11.7 Å². The highest BCUT2D eigenvalue weighted by atomic mass is 16.5. The van der Waals surface area contributed by atoms with E-state index in [1.54, 1.807) is 6.92 Å². The fraction of sp³-hybridized carbons (Fsp3) is 0.357. The summed E-state index contributed by atoms with van der Waals surface area (Å²) in [5.41, 5.74) is 0.773. The third-order valence-electron chi connectivity index (χ3n) is 2.47. The average molecular weight is 276 g/mol. The molecule has 0 N–H and O–H groups in total. The standard InChI is InChI=1S/C14H16N2O4/c1-3-18-11-7-5-6-10(8-11)14-15-12(20-16-14)9-13(17)19-4-2/h5-8H,3-4,9H2,1-2H3. The summed E-state index contributed by atoms with van der Waals surface area (Å²) in [6, 6.07) is 7.37. The number of carbonyl (C=O) groups is 1. The van der Waals surface area contributed by atoms with E-state index in [4.69, 9.17) is 14.0 Å². The molecular formula is C14H16N2O4. The van der Waals surface area contributed by atoms with Crippen LogP contribution in [0, 0.1) is 0 Å². The molecular weight excluding hydrogens is 260 g/mol. The van der Waals surface area contributed by atoms with Gasteiger partial charge in [-0.1, -0.05) is 17.3 Å². The normalized spacial score (nSPS) is 10.3. The van der Waals surface area contributed by atoms with Crippen LogP contribution in [-0.4, -0.2) is 29.3 Å². The summed E-state index contributed by atoms with van der Waals surface area (Å²) in [7, 11) is 0. The van der Waals surface area contributed by atoms with E-state index in [1.165, 1.54) is 0 Å². The molecule has 2 aromatic rings. The molecule has 106 valence electrons. The van der Waals surface area contributed by atoms with E-state index in [2.05, 4.69) is 10.1 Å². The first-order valence-electron chi connectivity index (χ1n) is 6.44. The second-order valence-corrected chi connectivity index (χ2v) is 3.95. The van der Waals surface area contributed by atoms with Crippen molar-refractivity contribution in [3.8, 4) is 17.1 Å². The topological polar surface area (TPSA) is 74.5 Å². The van der Waals surface area contributed by atoms with Crippen LogP contribution in [0.4, 0.5) is 0 Å². The van der Waals surface area contributed by atoms with Crippen molar-refractivity contribution in [3.05, 3.63) is 30.2 Å². The lowest BCUT2D eigenvalue weighted by atomic mass is 10.2. The van der Waals surface area contributed by atoms with Gasteiger partial charge in [0.25, 0.3) is 0 Å². The summed E-state index contributed by atoms with van der Waals surface area (Å²) in [6.07, 6.45) is -0.0218. The van der Waals surface area contributed by atoms with E-state index in [1.807, 2.05) is 31.2 Å². The Bertz CT molecular complexity index is 580. The summed E-state index contributed by atoms with van der Waals surface area (Å²) in [5, 5.41) is 3.85. The number of aromatic nitrogens is 2.